The lowest BCUT2D eigenvalue weighted by Crippen LogP contribution is -2.02. The number of hydrogen-bond acceptors (Lipinski definition) is 1. The lowest BCUT2D eigenvalue weighted by molar-refractivity contribution is 0.628. The summed E-state index contributed by atoms with van der Waals surface area (Å²) in [5.41, 5.74) is 3.61. The van der Waals surface area contributed by atoms with Crippen molar-refractivity contribution >= 4 is 11.4 Å². The summed E-state index contributed by atoms with van der Waals surface area (Å²) in [5.74, 6) is -0.245. The van der Waals surface area contributed by atoms with Crippen LogP contribution in [0.4, 0.5) is 10.1 Å². The van der Waals surface area contributed by atoms with E-state index in [1.165, 1.54) is 12.1 Å². The summed E-state index contributed by atoms with van der Waals surface area (Å²) in [6, 6.07) is 26.1. The van der Waals surface area contributed by atoms with Gasteiger partial charge in [0.2, 0.25) is 0 Å². The molecule has 0 aliphatic carbocycles. The second kappa shape index (κ2) is 6.14. The molecule has 0 fully saturated rings. The van der Waals surface area contributed by atoms with Gasteiger partial charge in [0.1, 0.15) is 5.82 Å². The molecule has 0 saturated carbocycles. The van der Waals surface area contributed by atoms with E-state index in [0.717, 1.165) is 22.5 Å². The van der Waals surface area contributed by atoms with Crippen LogP contribution in [-0.2, 0) is 0 Å². The number of hydrogen-bond donors (Lipinski definition) is 0. The summed E-state index contributed by atoms with van der Waals surface area (Å²) in [6.45, 7) is 0. The zero-order valence-electron chi connectivity index (χ0n) is 11.4. The van der Waals surface area contributed by atoms with Crippen molar-refractivity contribution in [3.63, 3.8) is 0 Å². The predicted molar refractivity (Wildman–Crippen MR) is 84.6 cm³/mol. The van der Waals surface area contributed by atoms with Gasteiger partial charge in [-0.1, -0.05) is 48.5 Å². The molecular formula is C19H14FN. The van der Waals surface area contributed by atoms with Crippen LogP contribution in [0.15, 0.2) is 89.9 Å². The normalized spacial score (nSPS) is 11.4. The van der Waals surface area contributed by atoms with E-state index in [1.807, 2.05) is 60.7 Å². The van der Waals surface area contributed by atoms with Crippen LogP contribution in [0.5, 0.6) is 0 Å². The molecule has 0 heterocycles. The maximum atomic E-state index is 13.1. The van der Waals surface area contributed by atoms with Gasteiger partial charge in [-0.05, 0) is 36.4 Å². The zero-order valence-corrected chi connectivity index (χ0v) is 11.4. The fourth-order valence-electron chi connectivity index (χ4n) is 2.13. The molecule has 0 N–H and O–H groups in total. The van der Waals surface area contributed by atoms with Gasteiger partial charge in [-0.3, -0.25) is 0 Å². The van der Waals surface area contributed by atoms with E-state index in [9.17, 15) is 4.39 Å². The minimum absolute atomic E-state index is 0.245. The van der Waals surface area contributed by atoms with Crippen LogP contribution in [0.3, 0.4) is 0 Å². The Bertz CT molecular complexity index is 732. The van der Waals surface area contributed by atoms with E-state index in [2.05, 4.69) is 0 Å². The van der Waals surface area contributed by atoms with Crippen LogP contribution in [-0.4, -0.2) is 5.71 Å². The van der Waals surface area contributed by atoms with Crippen LogP contribution in [0.25, 0.3) is 0 Å². The van der Waals surface area contributed by atoms with E-state index in [4.69, 9.17) is 4.99 Å². The average molecular weight is 275 g/mol. The number of rotatable bonds is 3. The van der Waals surface area contributed by atoms with E-state index >= 15 is 0 Å². The van der Waals surface area contributed by atoms with Gasteiger partial charge in [0.05, 0.1) is 11.4 Å². The Morgan fingerprint density at radius 2 is 1.14 bits per heavy atom. The number of aliphatic imine (C=N–C) groups is 1. The Kier molecular flexibility index (Phi) is 3.88. The van der Waals surface area contributed by atoms with Gasteiger partial charge in [0, 0.05) is 11.1 Å². The summed E-state index contributed by atoms with van der Waals surface area (Å²) in [5, 5.41) is 0. The van der Waals surface area contributed by atoms with Gasteiger partial charge in [-0.15, -0.1) is 0 Å². The second-order valence-electron chi connectivity index (χ2n) is 4.67. The van der Waals surface area contributed by atoms with Crippen molar-refractivity contribution in [3.05, 3.63) is 102 Å². The first-order valence-corrected chi connectivity index (χ1v) is 6.78. The Labute approximate surface area is 123 Å². The highest BCUT2D eigenvalue weighted by Gasteiger charge is 2.07. The fourth-order valence-corrected chi connectivity index (χ4v) is 2.13. The van der Waals surface area contributed by atoms with Gasteiger partial charge >= 0.3 is 0 Å². The van der Waals surface area contributed by atoms with Crippen molar-refractivity contribution in [2.75, 3.05) is 0 Å². The maximum Gasteiger partial charge on any atom is 0.123 e. The topological polar surface area (TPSA) is 12.4 Å². The maximum absolute atomic E-state index is 13.1. The van der Waals surface area contributed by atoms with Gasteiger partial charge in [0.15, 0.2) is 0 Å². The third-order valence-corrected chi connectivity index (χ3v) is 3.16. The standard InChI is InChI=1S/C19H14FN/c20-17-13-11-16(12-14-17)19(15-7-3-1-4-8-15)21-18-9-5-2-6-10-18/h1-14H. The first-order chi connectivity index (χ1) is 10.3. The molecule has 1 nitrogen and oxygen atoms in total. The highest BCUT2D eigenvalue weighted by molar-refractivity contribution is 6.13. The highest BCUT2D eigenvalue weighted by atomic mass is 19.1. The molecule has 0 unspecified atom stereocenters. The van der Waals surface area contributed by atoms with Crippen LogP contribution < -0.4 is 0 Å². The van der Waals surface area contributed by atoms with Crippen molar-refractivity contribution in [1.82, 2.24) is 0 Å². The van der Waals surface area contributed by atoms with Gasteiger partial charge in [-0.2, -0.15) is 0 Å². The van der Waals surface area contributed by atoms with Crippen molar-refractivity contribution < 1.29 is 4.39 Å². The SMILES string of the molecule is Fc1ccc(C(=Nc2ccccc2)c2ccccc2)cc1. The molecule has 21 heavy (non-hydrogen) atoms. The molecule has 102 valence electrons. The summed E-state index contributed by atoms with van der Waals surface area (Å²) >= 11 is 0. The zero-order chi connectivity index (χ0) is 14.5. The minimum atomic E-state index is -0.245. The first kappa shape index (κ1) is 13.3. The van der Waals surface area contributed by atoms with Crippen molar-refractivity contribution in [1.29, 1.82) is 0 Å². The predicted octanol–water partition coefficient (Wildman–Crippen LogP) is 4.99. The Morgan fingerprint density at radius 1 is 0.619 bits per heavy atom. The van der Waals surface area contributed by atoms with E-state index in [0.29, 0.717) is 0 Å². The largest absolute Gasteiger partial charge is 0.248 e. The van der Waals surface area contributed by atoms with Gasteiger partial charge in [-0.25, -0.2) is 9.38 Å². The molecule has 0 spiro atoms. The summed E-state index contributed by atoms with van der Waals surface area (Å²) < 4.78 is 13.1. The summed E-state index contributed by atoms with van der Waals surface area (Å²) in [4.78, 5) is 4.72. The molecule has 0 amide bonds. The molecule has 0 atom stereocenters. The fraction of sp³-hybridized carbons (Fsp3) is 0. The third-order valence-electron chi connectivity index (χ3n) is 3.16. The molecule has 0 bridgehead atoms. The average Bonchev–Trinajstić information content (AvgIpc) is 2.55. The van der Waals surface area contributed by atoms with Crippen LogP contribution in [0, 0.1) is 5.82 Å². The van der Waals surface area contributed by atoms with Crippen molar-refractivity contribution in [2.45, 2.75) is 0 Å². The quantitative estimate of drug-likeness (QED) is 0.597. The number of benzene rings is 3. The van der Waals surface area contributed by atoms with Crippen LogP contribution >= 0.6 is 0 Å². The molecule has 0 aliphatic rings. The first-order valence-electron chi connectivity index (χ1n) is 6.78. The molecule has 0 radical (unpaired) electrons. The minimum Gasteiger partial charge on any atom is -0.248 e. The van der Waals surface area contributed by atoms with E-state index in [1.54, 1.807) is 12.1 Å². The molecule has 3 aromatic carbocycles. The second-order valence-corrected chi connectivity index (χ2v) is 4.67. The van der Waals surface area contributed by atoms with Crippen LogP contribution in [0.1, 0.15) is 11.1 Å². The van der Waals surface area contributed by atoms with Crippen molar-refractivity contribution in [3.8, 4) is 0 Å². The summed E-state index contributed by atoms with van der Waals surface area (Å²) in [7, 11) is 0. The number of nitrogens with zero attached hydrogens (tertiary/aromatic N) is 1. The lowest BCUT2D eigenvalue weighted by Gasteiger charge is -2.07. The summed E-state index contributed by atoms with van der Waals surface area (Å²) in [6.07, 6.45) is 0. The molecule has 3 rings (SSSR count). The van der Waals surface area contributed by atoms with E-state index < -0.39 is 0 Å². The molecule has 3 aromatic rings. The lowest BCUT2D eigenvalue weighted by atomic mass is 10.0. The Morgan fingerprint density at radius 3 is 1.76 bits per heavy atom. The third kappa shape index (κ3) is 3.23. The smallest absolute Gasteiger partial charge is 0.123 e. The highest BCUT2D eigenvalue weighted by Crippen LogP contribution is 2.18. The number of para-hydroxylation sites is 1. The Hall–Kier alpha value is -2.74. The van der Waals surface area contributed by atoms with Crippen LogP contribution in [0.2, 0.25) is 0 Å². The van der Waals surface area contributed by atoms with Gasteiger partial charge < -0.3 is 0 Å². The Balaban J connectivity index is 2.12. The molecule has 0 saturated heterocycles. The van der Waals surface area contributed by atoms with E-state index in [-0.39, 0.29) is 5.82 Å². The van der Waals surface area contributed by atoms with Crippen molar-refractivity contribution in [2.24, 2.45) is 4.99 Å². The molecule has 2 heteroatoms. The van der Waals surface area contributed by atoms with Gasteiger partial charge in [0.25, 0.3) is 0 Å². The molecule has 0 aromatic heterocycles. The molecule has 0 aliphatic heterocycles. The monoisotopic (exact) mass is 275 g/mol. The number of halogens is 1. The molecular weight excluding hydrogens is 261 g/mol.